The Morgan fingerprint density at radius 3 is 2.48 bits per heavy atom. The zero-order valence-corrected chi connectivity index (χ0v) is 16.2. The number of hydrogen-bond acceptors (Lipinski definition) is 4. The first-order valence-corrected chi connectivity index (χ1v) is 10.5. The quantitative estimate of drug-likeness (QED) is 0.801. The molecule has 0 spiro atoms. The van der Waals surface area contributed by atoms with Crippen molar-refractivity contribution >= 4 is 21.8 Å². The minimum absolute atomic E-state index is 0.0982. The normalized spacial score (nSPS) is 18.4. The van der Waals surface area contributed by atoms with Gasteiger partial charge in [-0.25, -0.2) is 8.42 Å². The highest BCUT2D eigenvalue weighted by atomic mass is 32.2. The van der Waals surface area contributed by atoms with E-state index in [1.54, 1.807) is 25.1 Å². The largest absolute Gasteiger partial charge is 0.347 e. The summed E-state index contributed by atoms with van der Waals surface area (Å²) in [5, 5.41) is 3.03. The Bertz CT molecular complexity index is 955. The lowest BCUT2D eigenvalue weighted by Crippen LogP contribution is -2.36. The number of sulfonamides is 1. The van der Waals surface area contributed by atoms with Crippen LogP contribution in [0.15, 0.2) is 64.5 Å². The molecule has 1 amide bonds. The molecule has 2 aromatic rings. The average molecular weight is 385 g/mol. The van der Waals surface area contributed by atoms with Gasteiger partial charge in [0.15, 0.2) is 0 Å². The molecule has 0 bridgehead atoms. The lowest BCUT2D eigenvalue weighted by Gasteiger charge is -2.20. The standard InChI is InChI=1S/C20H23N3O3S/c1-3-9-17(15-10-5-4-6-11-15)22-20(24)14(2)21-19-16-12-7-8-13-18(16)27(25,26)23-19/h4-8,10-14,17H,3,9H2,1-2H3,(H,21,23)(H,22,24). The molecule has 0 saturated carbocycles. The summed E-state index contributed by atoms with van der Waals surface area (Å²) in [6.07, 6.45) is 1.74. The Hall–Kier alpha value is -2.67. The summed E-state index contributed by atoms with van der Waals surface area (Å²) in [5.41, 5.74) is 1.53. The Balaban J connectivity index is 1.79. The van der Waals surface area contributed by atoms with Crippen LogP contribution in [0.25, 0.3) is 0 Å². The van der Waals surface area contributed by atoms with E-state index in [-0.39, 0.29) is 22.7 Å². The van der Waals surface area contributed by atoms with Gasteiger partial charge in [-0.1, -0.05) is 55.8 Å². The van der Waals surface area contributed by atoms with Crippen molar-refractivity contribution in [3.8, 4) is 0 Å². The molecule has 3 rings (SSSR count). The highest BCUT2D eigenvalue weighted by Gasteiger charge is 2.31. The predicted molar refractivity (Wildman–Crippen MR) is 105 cm³/mol. The number of aliphatic imine (C=N–C) groups is 1. The van der Waals surface area contributed by atoms with Crippen LogP contribution in [-0.2, 0) is 14.8 Å². The Morgan fingerprint density at radius 1 is 1.11 bits per heavy atom. The monoisotopic (exact) mass is 385 g/mol. The summed E-state index contributed by atoms with van der Waals surface area (Å²) in [6, 6.07) is 15.6. The third-order valence-electron chi connectivity index (χ3n) is 4.46. The second-order valence-corrected chi connectivity index (χ2v) is 8.17. The molecule has 1 heterocycles. The number of fused-ring (bicyclic) bond motifs is 1. The van der Waals surface area contributed by atoms with Crippen molar-refractivity contribution in [1.82, 2.24) is 10.0 Å². The first-order chi connectivity index (χ1) is 12.9. The predicted octanol–water partition coefficient (Wildman–Crippen LogP) is 2.77. The van der Waals surface area contributed by atoms with Crippen LogP contribution in [-0.4, -0.2) is 26.2 Å². The van der Waals surface area contributed by atoms with Crippen molar-refractivity contribution in [3.05, 3.63) is 65.7 Å². The molecule has 2 atom stereocenters. The van der Waals surface area contributed by atoms with E-state index < -0.39 is 16.1 Å². The molecule has 2 N–H and O–H groups in total. The van der Waals surface area contributed by atoms with Gasteiger partial charge in [0.1, 0.15) is 11.9 Å². The second kappa shape index (κ2) is 7.92. The fourth-order valence-electron chi connectivity index (χ4n) is 3.07. The van der Waals surface area contributed by atoms with Crippen molar-refractivity contribution in [2.24, 2.45) is 4.99 Å². The van der Waals surface area contributed by atoms with Crippen LogP contribution >= 0.6 is 0 Å². The molecule has 1 aliphatic rings. The van der Waals surface area contributed by atoms with Gasteiger partial charge in [0.05, 0.1) is 10.9 Å². The van der Waals surface area contributed by atoms with Crippen molar-refractivity contribution in [2.75, 3.05) is 0 Å². The molecule has 142 valence electrons. The van der Waals surface area contributed by atoms with E-state index in [2.05, 4.69) is 22.0 Å². The van der Waals surface area contributed by atoms with E-state index in [9.17, 15) is 13.2 Å². The van der Waals surface area contributed by atoms with Gasteiger partial charge in [0, 0.05) is 5.56 Å². The highest BCUT2D eigenvalue weighted by Crippen LogP contribution is 2.23. The molecule has 1 aliphatic heterocycles. The van der Waals surface area contributed by atoms with Gasteiger partial charge in [0.25, 0.3) is 10.0 Å². The number of carbonyl (C=O) groups excluding carboxylic acids is 1. The lowest BCUT2D eigenvalue weighted by atomic mass is 10.0. The Labute approximate surface area is 159 Å². The number of rotatable bonds is 6. The second-order valence-electron chi connectivity index (χ2n) is 6.52. The zero-order chi connectivity index (χ0) is 19.4. The van der Waals surface area contributed by atoms with Crippen LogP contribution in [0, 0.1) is 0 Å². The molecule has 0 fully saturated rings. The van der Waals surface area contributed by atoms with E-state index in [0.717, 1.165) is 18.4 Å². The van der Waals surface area contributed by atoms with E-state index >= 15 is 0 Å². The third kappa shape index (κ3) is 4.19. The van der Waals surface area contributed by atoms with Crippen molar-refractivity contribution in [1.29, 1.82) is 0 Å². The van der Waals surface area contributed by atoms with Gasteiger partial charge < -0.3 is 5.32 Å². The minimum Gasteiger partial charge on any atom is -0.347 e. The maximum absolute atomic E-state index is 12.7. The van der Waals surface area contributed by atoms with Crippen LogP contribution in [0.2, 0.25) is 0 Å². The third-order valence-corrected chi connectivity index (χ3v) is 5.86. The lowest BCUT2D eigenvalue weighted by molar-refractivity contribution is -0.122. The minimum atomic E-state index is -3.61. The molecule has 27 heavy (non-hydrogen) atoms. The number of carbonyl (C=O) groups is 1. The molecular formula is C20H23N3O3S. The maximum atomic E-state index is 12.7. The van der Waals surface area contributed by atoms with Gasteiger partial charge in [-0.15, -0.1) is 0 Å². The summed E-state index contributed by atoms with van der Waals surface area (Å²) < 4.78 is 26.8. The molecule has 2 aromatic carbocycles. The van der Waals surface area contributed by atoms with Gasteiger partial charge in [-0.05, 0) is 31.0 Å². The van der Waals surface area contributed by atoms with E-state index in [1.165, 1.54) is 6.07 Å². The maximum Gasteiger partial charge on any atom is 0.263 e. The summed E-state index contributed by atoms with van der Waals surface area (Å²) in [5.74, 6) is -0.0339. The molecule has 6 nitrogen and oxygen atoms in total. The summed E-state index contributed by atoms with van der Waals surface area (Å²) in [4.78, 5) is 17.2. The smallest absolute Gasteiger partial charge is 0.263 e. The number of amidine groups is 1. The van der Waals surface area contributed by atoms with Crippen LogP contribution in [0.3, 0.4) is 0 Å². The number of nitrogens with zero attached hydrogens (tertiary/aromatic N) is 1. The molecule has 0 radical (unpaired) electrons. The first-order valence-electron chi connectivity index (χ1n) is 8.97. The van der Waals surface area contributed by atoms with Crippen molar-refractivity contribution < 1.29 is 13.2 Å². The molecular weight excluding hydrogens is 362 g/mol. The fraction of sp³-hybridized carbons (Fsp3) is 0.300. The molecule has 0 saturated heterocycles. The van der Waals surface area contributed by atoms with Crippen LogP contribution in [0.1, 0.15) is 43.9 Å². The van der Waals surface area contributed by atoms with Crippen molar-refractivity contribution in [2.45, 2.75) is 43.7 Å². The van der Waals surface area contributed by atoms with Crippen LogP contribution < -0.4 is 10.0 Å². The topological polar surface area (TPSA) is 87.6 Å². The van der Waals surface area contributed by atoms with Gasteiger partial charge in [-0.2, -0.15) is 0 Å². The molecule has 7 heteroatoms. The van der Waals surface area contributed by atoms with Crippen LogP contribution in [0.4, 0.5) is 0 Å². The number of nitrogens with one attached hydrogen (secondary N) is 2. The van der Waals surface area contributed by atoms with Gasteiger partial charge >= 0.3 is 0 Å². The summed E-state index contributed by atoms with van der Waals surface area (Å²) in [7, 11) is -3.61. The Morgan fingerprint density at radius 2 is 1.78 bits per heavy atom. The SMILES string of the molecule is CCCC(NC(=O)C(C)N=C1NS(=O)(=O)c2ccccc21)c1ccccc1. The molecule has 2 unspecified atom stereocenters. The van der Waals surface area contributed by atoms with E-state index in [4.69, 9.17) is 0 Å². The number of hydrogen-bond donors (Lipinski definition) is 2. The number of amides is 1. The Kier molecular flexibility index (Phi) is 5.60. The average Bonchev–Trinajstić information content (AvgIpc) is 2.92. The van der Waals surface area contributed by atoms with E-state index in [1.807, 2.05) is 30.3 Å². The van der Waals surface area contributed by atoms with Gasteiger partial charge in [0.2, 0.25) is 5.91 Å². The summed E-state index contributed by atoms with van der Waals surface area (Å²) >= 11 is 0. The van der Waals surface area contributed by atoms with Gasteiger partial charge in [-0.3, -0.25) is 14.5 Å². The highest BCUT2D eigenvalue weighted by molar-refractivity contribution is 7.90. The summed E-state index contributed by atoms with van der Waals surface area (Å²) in [6.45, 7) is 3.72. The number of benzene rings is 2. The molecule has 0 aromatic heterocycles. The first kappa shape index (κ1) is 19.1. The fourth-order valence-corrected chi connectivity index (χ4v) is 4.31. The molecule has 0 aliphatic carbocycles. The van der Waals surface area contributed by atoms with Crippen LogP contribution in [0.5, 0.6) is 0 Å². The van der Waals surface area contributed by atoms with Crippen molar-refractivity contribution in [3.63, 3.8) is 0 Å². The van der Waals surface area contributed by atoms with E-state index in [0.29, 0.717) is 5.56 Å². The zero-order valence-electron chi connectivity index (χ0n) is 15.3.